The largest absolute Gasteiger partial charge is 0.337 e. The van der Waals surface area contributed by atoms with Crippen molar-refractivity contribution < 1.29 is 14.4 Å². The molecular formula is C19H22N2O3. The van der Waals surface area contributed by atoms with Gasteiger partial charge in [-0.1, -0.05) is 42.5 Å². The number of hydrogen-bond acceptors (Lipinski definition) is 3. The molecule has 126 valence electrons. The first-order chi connectivity index (χ1) is 11.6. The van der Waals surface area contributed by atoms with Gasteiger partial charge in [0.25, 0.3) is 0 Å². The number of nitrogens with zero attached hydrogens (tertiary/aromatic N) is 2. The minimum absolute atomic E-state index is 0.147. The maximum Gasteiger partial charge on any atom is 0.243 e. The zero-order chi connectivity index (χ0) is 17.1. The first-order valence-corrected chi connectivity index (χ1v) is 8.43. The van der Waals surface area contributed by atoms with Crippen LogP contribution in [0.2, 0.25) is 0 Å². The Labute approximate surface area is 141 Å². The number of likely N-dealkylation sites (tertiary alicyclic amines) is 1. The van der Waals surface area contributed by atoms with Gasteiger partial charge in [0.2, 0.25) is 17.7 Å². The Kier molecular flexibility index (Phi) is 4.79. The van der Waals surface area contributed by atoms with Crippen LogP contribution < -0.4 is 0 Å². The van der Waals surface area contributed by atoms with Crippen LogP contribution >= 0.6 is 0 Å². The number of carbonyl (C=O) groups is 3. The molecule has 3 amide bonds. The topological polar surface area (TPSA) is 57.7 Å². The third-order valence-electron chi connectivity index (χ3n) is 4.84. The predicted octanol–water partition coefficient (Wildman–Crippen LogP) is 1.99. The molecule has 0 unspecified atom stereocenters. The van der Waals surface area contributed by atoms with Gasteiger partial charge in [-0.25, -0.2) is 0 Å². The van der Waals surface area contributed by atoms with Gasteiger partial charge in [0.05, 0.1) is 11.8 Å². The highest BCUT2D eigenvalue weighted by Crippen LogP contribution is 2.34. The molecule has 2 aliphatic rings. The van der Waals surface area contributed by atoms with Crippen molar-refractivity contribution in [2.75, 3.05) is 13.1 Å². The lowest BCUT2D eigenvalue weighted by molar-refractivity contribution is -0.146. The molecule has 1 fully saturated rings. The number of likely N-dealkylation sites (N-methyl/N-ethyl adjacent to an activating group) is 1. The Morgan fingerprint density at radius 1 is 1.08 bits per heavy atom. The van der Waals surface area contributed by atoms with E-state index in [0.29, 0.717) is 25.9 Å². The van der Waals surface area contributed by atoms with Crippen LogP contribution in [0.3, 0.4) is 0 Å². The standard InChI is InChI=1S/C19H22N2O3/c1-2-20(12-14-8-4-3-5-9-14)17(22)13-21-18(23)15-10-6-7-11-16(15)19(21)24/h3-9,15-16H,2,10-13H2,1H3/t15-,16-/m0/s1. The van der Waals surface area contributed by atoms with Crippen molar-refractivity contribution in [2.45, 2.75) is 26.3 Å². The van der Waals surface area contributed by atoms with E-state index >= 15 is 0 Å². The molecule has 2 atom stereocenters. The highest BCUT2D eigenvalue weighted by atomic mass is 16.2. The minimum Gasteiger partial charge on any atom is -0.337 e. The zero-order valence-corrected chi connectivity index (χ0v) is 13.9. The van der Waals surface area contributed by atoms with Crippen molar-refractivity contribution in [3.63, 3.8) is 0 Å². The van der Waals surface area contributed by atoms with Crippen molar-refractivity contribution in [3.8, 4) is 0 Å². The van der Waals surface area contributed by atoms with Crippen LogP contribution in [-0.4, -0.2) is 40.6 Å². The molecule has 1 heterocycles. The molecule has 1 aliphatic heterocycles. The van der Waals surface area contributed by atoms with Crippen molar-refractivity contribution in [3.05, 3.63) is 48.0 Å². The predicted molar refractivity (Wildman–Crippen MR) is 89.6 cm³/mol. The highest BCUT2D eigenvalue weighted by Gasteiger charge is 2.47. The van der Waals surface area contributed by atoms with Gasteiger partial charge in [0.15, 0.2) is 0 Å². The van der Waals surface area contributed by atoms with Gasteiger partial charge in [-0.05, 0) is 25.3 Å². The molecule has 0 N–H and O–H groups in total. The number of carbonyl (C=O) groups excluding carboxylic acids is 3. The molecule has 24 heavy (non-hydrogen) atoms. The lowest BCUT2D eigenvalue weighted by Crippen LogP contribution is -2.42. The summed E-state index contributed by atoms with van der Waals surface area (Å²) < 4.78 is 0. The molecule has 0 spiro atoms. The lowest BCUT2D eigenvalue weighted by atomic mass is 9.85. The van der Waals surface area contributed by atoms with Crippen LogP contribution in [-0.2, 0) is 20.9 Å². The molecule has 5 heteroatoms. The van der Waals surface area contributed by atoms with E-state index in [1.165, 1.54) is 0 Å². The van der Waals surface area contributed by atoms with E-state index in [4.69, 9.17) is 0 Å². The van der Waals surface area contributed by atoms with Gasteiger partial charge in [0.1, 0.15) is 6.54 Å². The number of imide groups is 1. The molecule has 1 aromatic rings. The third-order valence-corrected chi connectivity index (χ3v) is 4.84. The molecule has 1 aromatic carbocycles. The average molecular weight is 326 g/mol. The van der Waals surface area contributed by atoms with Crippen LogP contribution in [0.15, 0.2) is 42.5 Å². The highest BCUT2D eigenvalue weighted by molar-refractivity contribution is 6.07. The van der Waals surface area contributed by atoms with E-state index in [1.54, 1.807) is 4.90 Å². The molecule has 1 saturated heterocycles. The van der Waals surface area contributed by atoms with E-state index < -0.39 is 0 Å². The van der Waals surface area contributed by atoms with Crippen LogP contribution in [0.5, 0.6) is 0 Å². The molecule has 0 aromatic heterocycles. The Morgan fingerprint density at radius 2 is 1.67 bits per heavy atom. The first kappa shape index (κ1) is 16.4. The number of hydrogen-bond donors (Lipinski definition) is 0. The maximum atomic E-state index is 12.6. The number of rotatable bonds is 5. The second kappa shape index (κ2) is 6.99. The first-order valence-electron chi connectivity index (χ1n) is 8.43. The van der Waals surface area contributed by atoms with Gasteiger partial charge in [-0.2, -0.15) is 0 Å². The van der Waals surface area contributed by atoms with E-state index in [-0.39, 0.29) is 36.1 Å². The third kappa shape index (κ3) is 3.11. The fourth-order valence-electron chi connectivity index (χ4n) is 3.44. The van der Waals surface area contributed by atoms with Gasteiger partial charge >= 0.3 is 0 Å². The van der Waals surface area contributed by atoms with Crippen LogP contribution in [0.25, 0.3) is 0 Å². The molecule has 5 nitrogen and oxygen atoms in total. The van der Waals surface area contributed by atoms with E-state index in [9.17, 15) is 14.4 Å². The van der Waals surface area contributed by atoms with Gasteiger partial charge in [-0.15, -0.1) is 0 Å². The van der Waals surface area contributed by atoms with Crippen molar-refractivity contribution in [1.29, 1.82) is 0 Å². The molecule has 1 aliphatic carbocycles. The number of benzene rings is 1. The smallest absolute Gasteiger partial charge is 0.243 e. The summed E-state index contributed by atoms with van der Waals surface area (Å²) in [6.45, 7) is 2.78. The molecule has 3 rings (SSSR count). The SMILES string of the molecule is CCN(Cc1ccccc1)C(=O)CN1C(=O)[C@H]2CC=CC[C@@H]2C1=O. The fraction of sp³-hybridized carbons (Fsp3) is 0.421. The number of amides is 3. The summed E-state index contributed by atoms with van der Waals surface area (Å²) >= 11 is 0. The Balaban J connectivity index is 1.67. The zero-order valence-electron chi connectivity index (χ0n) is 13.9. The number of allylic oxidation sites excluding steroid dienone is 2. The van der Waals surface area contributed by atoms with E-state index in [0.717, 1.165) is 10.5 Å². The second-order valence-electron chi connectivity index (χ2n) is 6.31. The lowest BCUT2D eigenvalue weighted by Gasteiger charge is -2.24. The fourth-order valence-corrected chi connectivity index (χ4v) is 3.44. The molecule has 0 radical (unpaired) electrons. The summed E-state index contributed by atoms with van der Waals surface area (Å²) in [5.41, 5.74) is 1.03. The summed E-state index contributed by atoms with van der Waals surface area (Å²) in [6, 6.07) is 9.71. The quantitative estimate of drug-likeness (QED) is 0.614. The molecule has 0 saturated carbocycles. The molecular weight excluding hydrogens is 304 g/mol. The average Bonchev–Trinajstić information content (AvgIpc) is 2.86. The van der Waals surface area contributed by atoms with Gasteiger partial charge in [0, 0.05) is 13.1 Å². The van der Waals surface area contributed by atoms with Crippen molar-refractivity contribution >= 4 is 17.7 Å². The molecule has 0 bridgehead atoms. The normalized spacial score (nSPS) is 22.6. The Hall–Kier alpha value is -2.43. The summed E-state index contributed by atoms with van der Waals surface area (Å²) in [5.74, 6) is -1.13. The summed E-state index contributed by atoms with van der Waals surface area (Å²) in [5, 5.41) is 0. The Bertz CT molecular complexity index is 642. The number of fused-ring (bicyclic) bond motifs is 1. The van der Waals surface area contributed by atoms with Gasteiger partial charge in [-0.3, -0.25) is 19.3 Å². The van der Waals surface area contributed by atoms with Crippen LogP contribution in [0, 0.1) is 11.8 Å². The van der Waals surface area contributed by atoms with Crippen LogP contribution in [0.1, 0.15) is 25.3 Å². The van der Waals surface area contributed by atoms with E-state index in [2.05, 4.69) is 0 Å². The van der Waals surface area contributed by atoms with Crippen molar-refractivity contribution in [2.24, 2.45) is 11.8 Å². The Morgan fingerprint density at radius 3 is 2.21 bits per heavy atom. The monoisotopic (exact) mass is 326 g/mol. The summed E-state index contributed by atoms with van der Waals surface area (Å²) in [4.78, 5) is 40.3. The van der Waals surface area contributed by atoms with Crippen LogP contribution in [0.4, 0.5) is 0 Å². The maximum absolute atomic E-state index is 12.6. The van der Waals surface area contributed by atoms with E-state index in [1.807, 2.05) is 49.4 Å². The van der Waals surface area contributed by atoms with Gasteiger partial charge < -0.3 is 4.90 Å². The summed E-state index contributed by atoms with van der Waals surface area (Å²) in [7, 11) is 0. The summed E-state index contributed by atoms with van der Waals surface area (Å²) in [6.07, 6.45) is 5.10. The van der Waals surface area contributed by atoms with Crippen molar-refractivity contribution in [1.82, 2.24) is 9.80 Å². The second-order valence-corrected chi connectivity index (χ2v) is 6.31. The minimum atomic E-state index is -0.278.